The number of carbonyl (C=O) groups is 1. The third-order valence-electron chi connectivity index (χ3n) is 8.50. The van der Waals surface area contributed by atoms with Crippen molar-refractivity contribution in [3.63, 3.8) is 0 Å². The third-order valence-corrected chi connectivity index (χ3v) is 9.66. The number of aromatic nitrogens is 3. The van der Waals surface area contributed by atoms with Crippen LogP contribution in [0.3, 0.4) is 0 Å². The van der Waals surface area contributed by atoms with Gasteiger partial charge in [0.2, 0.25) is 5.91 Å². The Labute approximate surface area is 213 Å². The number of thiophene rings is 1. The summed E-state index contributed by atoms with van der Waals surface area (Å²) in [6.07, 6.45) is 10.2. The lowest BCUT2D eigenvalue weighted by molar-refractivity contribution is -0.125. The fraction of sp³-hybridized carbons (Fsp3) is 0.741. The monoisotopic (exact) mass is 499 g/mol. The van der Waals surface area contributed by atoms with Crippen LogP contribution in [-0.4, -0.2) is 51.3 Å². The van der Waals surface area contributed by atoms with Gasteiger partial charge < -0.3 is 14.6 Å². The number of nitrogens with one attached hydrogen (secondary N) is 1. The highest BCUT2D eigenvalue weighted by atomic mass is 32.1. The molecule has 3 aliphatic rings. The zero-order valence-electron chi connectivity index (χ0n) is 21.7. The Kier molecular flexibility index (Phi) is 7.49. The van der Waals surface area contributed by atoms with Gasteiger partial charge in [0.05, 0.1) is 13.2 Å². The molecule has 35 heavy (non-hydrogen) atoms. The molecule has 3 fully saturated rings. The first-order chi connectivity index (χ1) is 16.9. The van der Waals surface area contributed by atoms with Crippen molar-refractivity contribution < 1.29 is 9.53 Å². The standard InChI is InChI=1S/C27H41N5O2S/c1-17(2)26-30-29-18(3)32(26)22-15-20-9-10-21(16-22)31(20)14-13-23(24-11-12-25(34-4)35-24)28-27(33)19-7-5-6-8-19/h11-12,17,19-23H,5-10,13-16H2,1-4H3,(H,28,33)/t20?,21?,22?,23-/m0/s1. The maximum Gasteiger partial charge on any atom is 0.223 e. The zero-order valence-corrected chi connectivity index (χ0v) is 22.5. The van der Waals surface area contributed by atoms with E-state index in [4.69, 9.17) is 4.74 Å². The molecule has 2 unspecified atom stereocenters. The number of nitrogens with zero attached hydrogens (tertiary/aromatic N) is 4. The van der Waals surface area contributed by atoms with Gasteiger partial charge >= 0.3 is 0 Å². The molecule has 192 valence electrons. The number of methoxy groups -OCH3 is 1. The Morgan fingerprint density at radius 1 is 1.11 bits per heavy atom. The summed E-state index contributed by atoms with van der Waals surface area (Å²) in [5.41, 5.74) is 0. The summed E-state index contributed by atoms with van der Waals surface area (Å²) >= 11 is 1.66. The molecule has 2 bridgehead atoms. The van der Waals surface area contributed by atoms with Crippen LogP contribution in [0.4, 0.5) is 0 Å². The number of fused-ring (bicyclic) bond motifs is 2. The topological polar surface area (TPSA) is 72.3 Å². The molecule has 8 heteroatoms. The average molecular weight is 500 g/mol. The summed E-state index contributed by atoms with van der Waals surface area (Å²) in [4.78, 5) is 17.0. The molecular formula is C27H41N5O2S. The Morgan fingerprint density at radius 3 is 2.46 bits per heavy atom. The van der Waals surface area contributed by atoms with Crippen LogP contribution in [-0.2, 0) is 4.79 Å². The summed E-state index contributed by atoms with van der Waals surface area (Å²) in [7, 11) is 1.71. The number of carbonyl (C=O) groups excluding carboxylic acids is 1. The minimum absolute atomic E-state index is 0.0572. The zero-order chi connectivity index (χ0) is 24.5. The second-order valence-electron chi connectivity index (χ2n) is 11.1. The van der Waals surface area contributed by atoms with Gasteiger partial charge in [-0.2, -0.15) is 0 Å². The highest BCUT2D eigenvalue weighted by Crippen LogP contribution is 2.43. The van der Waals surface area contributed by atoms with E-state index in [1.54, 1.807) is 18.4 Å². The fourth-order valence-electron chi connectivity index (χ4n) is 6.72. The van der Waals surface area contributed by atoms with E-state index in [1.807, 2.05) is 6.07 Å². The molecule has 7 nitrogen and oxygen atoms in total. The Hall–Kier alpha value is -1.93. The summed E-state index contributed by atoms with van der Waals surface area (Å²) in [5.74, 6) is 2.99. The van der Waals surface area contributed by atoms with Gasteiger partial charge in [-0.15, -0.1) is 21.5 Å². The van der Waals surface area contributed by atoms with Gasteiger partial charge in [-0.25, -0.2) is 0 Å². The quantitative estimate of drug-likeness (QED) is 0.501. The minimum atomic E-state index is 0.0572. The molecular weight excluding hydrogens is 458 g/mol. The van der Waals surface area contributed by atoms with E-state index in [2.05, 4.69) is 51.8 Å². The van der Waals surface area contributed by atoms with E-state index < -0.39 is 0 Å². The van der Waals surface area contributed by atoms with Crippen molar-refractivity contribution in [2.45, 2.75) is 109 Å². The van der Waals surface area contributed by atoms with Crippen LogP contribution in [0, 0.1) is 12.8 Å². The first-order valence-electron chi connectivity index (χ1n) is 13.6. The molecule has 3 atom stereocenters. The van der Waals surface area contributed by atoms with Crippen molar-refractivity contribution in [3.8, 4) is 5.06 Å². The SMILES string of the molecule is COc1ccc([C@H](CCN2C3CCC2CC(n2c(C)nnc2C(C)C)C3)NC(=O)C2CCCC2)s1. The van der Waals surface area contributed by atoms with Crippen LogP contribution < -0.4 is 10.1 Å². The molecule has 0 spiro atoms. The van der Waals surface area contributed by atoms with Gasteiger partial charge in [-0.3, -0.25) is 9.69 Å². The van der Waals surface area contributed by atoms with Gasteiger partial charge in [0, 0.05) is 41.4 Å². The molecule has 1 N–H and O–H groups in total. The van der Waals surface area contributed by atoms with Crippen LogP contribution in [0.15, 0.2) is 12.1 Å². The molecule has 4 heterocycles. The van der Waals surface area contributed by atoms with Crippen molar-refractivity contribution in [1.29, 1.82) is 0 Å². The molecule has 1 saturated carbocycles. The Morgan fingerprint density at radius 2 is 1.83 bits per heavy atom. The van der Waals surface area contributed by atoms with E-state index in [0.29, 0.717) is 24.0 Å². The molecule has 1 amide bonds. The van der Waals surface area contributed by atoms with E-state index in [0.717, 1.165) is 42.5 Å². The number of ether oxygens (including phenoxy) is 1. The largest absolute Gasteiger partial charge is 0.487 e. The lowest BCUT2D eigenvalue weighted by Crippen LogP contribution is -2.45. The summed E-state index contributed by atoms with van der Waals surface area (Å²) in [5, 5.41) is 13.2. The first-order valence-corrected chi connectivity index (χ1v) is 14.4. The molecule has 2 aromatic heterocycles. The molecule has 2 aromatic rings. The number of piperidine rings is 1. The van der Waals surface area contributed by atoms with E-state index >= 15 is 0 Å². The molecule has 2 saturated heterocycles. The van der Waals surface area contributed by atoms with Crippen LogP contribution in [0.25, 0.3) is 0 Å². The van der Waals surface area contributed by atoms with Gasteiger partial charge in [0.25, 0.3) is 0 Å². The molecule has 2 aliphatic heterocycles. The predicted molar refractivity (Wildman–Crippen MR) is 139 cm³/mol. The summed E-state index contributed by atoms with van der Waals surface area (Å²) < 4.78 is 7.88. The lowest BCUT2D eigenvalue weighted by atomic mass is 9.95. The van der Waals surface area contributed by atoms with E-state index in [-0.39, 0.29) is 17.9 Å². The highest BCUT2D eigenvalue weighted by molar-refractivity contribution is 7.13. The van der Waals surface area contributed by atoms with Crippen LogP contribution in [0.5, 0.6) is 5.06 Å². The number of hydrogen-bond donors (Lipinski definition) is 1. The first kappa shape index (κ1) is 24.8. The van der Waals surface area contributed by atoms with Crippen molar-refractivity contribution >= 4 is 17.2 Å². The summed E-state index contributed by atoms with van der Waals surface area (Å²) in [6.45, 7) is 7.54. The fourth-order valence-corrected chi connectivity index (χ4v) is 7.63. The van der Waals surface area contributed by atoms with Crippen molar-refractivity contribution in [2.75, 3.05) is 13.7 Å². The van der Waals surface area contributed by atoms with E-state index in [1.165, 1.54) is 43.4 Å². The molecule has 0 radical (unpaired) electrons. The van der Waals surface area contributed by atoms with Gasteiger partial charge in [-0.05, 0) is 64.0 Å². The number of rotatable bonds is 9. The van der Waals surface area contributed by atoms with Crippen LogP contribution in [0.2, 0.25) is 0 Å². The Bertz CT molecular complexity index is 997. The number of hydrogen-bond acceptors (Lipinski definition) is 6. The average Bonchev–Trinajstić information content (AvgIpc) is 3.63. The molecule has 1 aliphatic carbocycles. The van der Waals surface area contributed by atoms with Gasteiger partial charge in [-0.1, -0.05) is 26.7 Å². The number of amides is 1. The van der Waals surface area contributed by atoms with Gasteiger partial charge in [0.15, 0.2) is 5.06 Å². The van der Waals surface area contributed by atoms with Crippen LogP contribution >= 0.6 is 11.3 Å². The second-order valence-corrected chi connectivity index (χ2v) is 12.1. The maximum atomic E-state index is 13.0. The predicted octanol–water partition coefficient (Wildman–Crippen LogP) is 5.39. The second kappa shape index (κ2) is 10.6. The maximum absolute atomic E-state index is 13.0. The van der Waals surface area contributed by atoms with Gasteiger partial charge in [0.1, 0.15) is 11.6 Å². The smallest absolute Gasteiger partial charge is 0.223 e. The molecule has 0 aromatic carbocycles. The molecule has 5 rings (SSSR count). The minimum Gasteiger partial charge on any atom is -0.487 e. The van der Waals surface area contributed by atoms with Crippen molar-refractivity contribution in [2.24, 2.45) is 5.92 Å². The summed E-state index contributed by atoms with van der Waals surface area (Å²) in [6, 6.07) is 5.91. The Balaban J connectivity index is 1.26. The normalized spacial score (nSPS) is 25.9. The van der Waals surface area contributed by atoms with E-state index in [9.17, 15) is 4.79 Å². The highest BCUT2D eigenvalue weighted by Gasteiger charge is 2.42. The van der Waals surface area contributed by atoms with Crippen LogP contribution in [0.1, 0.15) is 106 Å². The van der Waals surface area contributed by atoms with Crippen molar-refractivity contribution in [3.05, 3.63) is 28.7 Å². The lowest BCUT2D eigenvalue weighted by Gasteiger charge is -2.40. The van der Waals surface area contributed by atoms with Crippen molar-refractivity contribution in [1.82, 2.24) is 25.0 Å². The number of aryl methyl sites for hydroxylation is 1. The third kappa shape index (κ3) is 5.15.